The molecular weight excluding hydrogens is 295 g/mol. The van der Waals surface area contributed by atoms with E-state index >= 15 is 0 Å². The number of hydrogen-bond acceptors (Lipinski definition) is 2. The summed E-state index contributed by atoms with van der Waals surface area (Å²) in [6, 6.07) is 17.5. The summed E-state index contributed by atoms with van der Waals surface area (Å²) in [5, 5.41) is 3.70. The Morgan fingerprint density at radius 3 is 1.90 bits per heavy atom. The third-order valence-corrected chi connectivity index (χ3v) is 3.46. The van der Waals surface area contributed by atoms with Crippen molar-refractivity contribution < 1.29 is 9.53 Å². The molecule has 3 aromatic carbocycles. The van der Waals surface area contributed by atoms with Crippen LogP contribution in [-0.4, -0.2) is 10.8 Å². The number of carbonyl (C=O) groups is 1. The second-order valence-electron chi connectivity index (χ2n) is 4.37. The number of halogens is 2. The largest absolute Gasteiger partial charge is 0.423 e. The number of benzene rings is 3. The molecule has 0 atom stereocenters. The summed E-state index contributed by atoms with van der Waals surface area (Å²) in [6.45, 7) is 0. The van der Waals surface area contributed by atoms with Crippen LogP contribution >= 0.6 is 23.2 Å². The van der Waals surface area contributed by atoms with Crippen molar-refractivity contribution in [1.82, 2.24) is 0 Å². The van der Waals surface area contributed by atoms with Gasteiger partial charge in [0.2, 0.25) is 4.84 Å². The molecule has 100 valence electrons. The summed E-state index contributed by atoms with van der Waals surface area (Å²) in [5.41, 5.74) is 0. The molecule has 0 aliphatic heterocycles. The van der Waals surface area contributed by atoms with Gasteiger partial charge in [0.1, 0.15) is 5.75 Å². The van der Waals surface area contributed by atoms with E-state index in [9.17, 15) is 4.79 Å². The van der Waals surface area contributed by atoms with Crippen molar-refractivity contribution >= 4 is 50.7 Å². The van der Waals surface area contributed by atoms with E-state index in [1.165, 1.54) is 0 Å². The lowest BCUT2D eigenvalue weighted by Gasteiger charge is -2.12. The fourth-order valence-electron chi connectivity index (χ4n) is 2.23. The predicted molar refractivity (Wildman–Crippen MR) is 82.6 cm³/mol. The molecule has 0 saturated carbocycles. The average molecular weight is 305 g/mol. The average Bonchev–Trinajstić information content (AvgIpc) is 2.46. The topological polar surface area (TPSA) is 26.3 Å². The SMILES string of the molecule is O=C(Oc1c2ccccc2cc2ccccc12)C(Cl)Cl. The van der Waals surface area contributed by atoms with Crippen LogP contribution in [0, 0.1) is 0 Å². The van der Waals surface area contributed by atoms with Crippen LogP contribution in [0.2, 0.25) is 0 Å². The maximum absolute atomic E-state index is 11.7. The van der Waals surface area contributed by atoms with Gasteiger partial charge in [0.25, 0.3) is 0 Å². The van der Waals surface area contributed by atoms with E-state index in [1.54, 1.807) is 0 Å². The van der Waals surface area contributed by atoms with E-state index in [2.05, 4.69) is 6.07 Å². The third-order valence-electron chi connectivity index (χ3n) is 3.10. The molecule has 0 bridgehead atoms. The van der Waals surface area contributed by atoms with E-state index in [4.69, 9.17) is 27.9 Å². The van der Waals surface area contributed by atoms with E-state index in [1.807, 2.05) is 48.5 Å². The van der Waals surface area contributed by atoms with E-state index in [0.717, 1.165) is 21.5 Å². The van der Waals surface area contributed by atoms with Crippen molar-refractivity contribution in [2.45, 2.75) is 4.84 Å². The van der Waals surface area contributed by atoms with Crippen LogP contribution in [0.15, 0.2) is 54.6 Å². The monoisotopic (exact) mass is 304 g/mol. The number of rotatable bonds is 2. The number of carbonyl (C=O) groups excluding carboxylic acids is 1. The Morgan fingerprint density at radius 1 is 0.900 bits per heavy atom. The number of fused-ring (bicyclic) bond motifs is 2. The minimum Gasteiger partial charge on any atom is -0.423 e. The van der Waals surface area contributed by atoms with Gasteiger partial charge in [0.15, 0.2) is 0 Å². The second-order valence-corrected chi connectivity index (χ2v) is 5.47. The highest BCUT2D eigenvalue weighted by atomic mass is 35.5. The summed E-state index contributed by atoms with van der Waals surface area (Å²) < 4.78 is 5.40. The minimum atomic E-state index is -1.20. The first-order valence-electron chi connectivity index (χ1n) is 6.07. The summed E-state index contributed by atoms with van der Waals surface area (Å²) in [4.78, 5) is 10.5. The molecule has 0 amide bonds. The molecule has 0 spiro atoms. The molecule has 0 aliphatic carbocycles. The Labute approximate surface area is 125 Å². The van der Waals surface area contributed by atoms with Gasteiger partial charge < -0.3 is 4.74 Å². The van der Waals surface area contributed by atoms with Gasteiger partial charge in [0.05, 0.1) is 0 Å². The van der Waals surface area contributed by atoms with Crippen LogP contribution in [0.1, 0.15) is 0 Å². The van der Waals surface area contributed by atoms with Crippen molar-refractivity contribution in [3.63, 3.8) is 0 Å². The van der Waals surface area contributed by atoms with Gasteiger partial charge in [-0.2, -0.15) is 0 Å². The van der Waals surface area contributed by atoms with Gasteiger partial charge in [-0.15, -0.1) is 0 Å². The standard InChI is InChI=1S/C16H10Cl2O2/c17-15(18)16(19)20-14-12-7-3-1-5-10(12)9-11-6-2-4-8-13(11)14/h1-9,15H. The van der Waals surface area contributed by atoms with Crippen molar-refractivity contribution in [2.75, 3.05) is 0 Å². The fraction of sp³-hybridized carbons (Fsp3) is 0.0625. The fourth-order valence-corrected chi connectivity index (χ4v) is 2.32. The highest BCUT2D eigenvalue weighted by Gasteiger charge is 2.17. The zero-order valence-corrected chi connectivity index (χ0v) is 11.9. The van der Waals surface area contributed by atoms with Gasteiger partial charge in [-0.1, -0.05) is 71.7 Å². The molecule has 0 unspecified atom stereocenters. The lowest BCUT2D eigenvalue weighted by molar-refractivity contribution is -0.132. The van der Waals surface area contributed by atoms with E-state index in [-0.39, 0.29) is 0 Å². The molecule has 0 fully saturated rings. The molecular formula is C16H10Cl2O2. The lowest BCUT2D eigenvalue weighted by atomic mass is 10.0. The molecule has 2 nitrogen and oxygen atoms in total. The zero-order valence-electron chi connectivity index (χ0n) is 10.3. The van der Waals surface area contributed by atoms with Crippen molar-refractivity contribution in [3.05, 3.63) is 54.6 Å². The van der Waals surface area contributed by atoms with E-state index in [0.29, 0.717) is 5.75 Å². The lowest BCUT2D eigenvalue weighted by Crippen LogP contribution is -2.15. The highest BCUT2D eigenvalue weighted by molar-refractivity contribution is 6.53. The van der Waals surface area contributed by atoms with E-state index < -0.39 is 10.8 Å². The summed E-state index contributed by atoms with van der Waals surface area (Å²) in [7, 11) is 0. The maximum Gasteiger partial charge on any atom is 0.344 e. The van der Waals surface area contributed by atoms with Crippen LogP contribution in [0.3, 0.4) is 0 Å². The Kier molecular flexibility index (Phi) is 3.51. The zero-order chi connectivity index (χ0) is 14.1. The molecule has 20 heavy (non-hydrogen) atoms. The van der Waals surface area contributed by atoms with Crippen LogP contribution < -0.4 is 4.74 Å². The van der Waals surface area contributed by atoms with Gasteiger partial charge in [-0.05, 0) is 16.8 Å². The third kappa shape index (κ3) is 2.33. The Morgan fingerprint density at radius 2 is 1.40 bits per heavy atom. The Balaban J connectivity index is 2.30. The number of esters is 1. The first-order chi connectivity index (χ1) is 9.66. The van der Waals surface area contributed by atoms with Crippen molar-refractivity contribution in [3.8, 4) is 5.75 Å². The van der Waals surface area contributed by atoms with Crippen LogP contribution in [0.4, 0.5) is 0 Å². The summed E-state index contributed by atoms with van der Waals surface area (Å²) in [6.07, 6.45) is 0. The van der Waals surface area contributed by atoms with Gasteiger partial charge in [0, 0.05) is 10.8 Å². The predicted octanol–water partition coefficient (Wildman–Crippen LogP) is 4.70. The van der Waals surface area contributed by atoms with Gasteiger partial charge in [-0.25, -0.2) is 4.79 Å². The van der Waals surface area contributed by atoms with Crippen LogP contribution in [-0.2, 0) is 4.79 Å². The molecule has 0 saturated heterocycles. The van der Waals surface area contributed by atoms with Gasteiger partial charge in [-0.3, -0.25) is 0 Å². The number of ether oxygens (including phenoxy) is 1. The quantitative estimate of drug-likeness (QED) is 0.297. The Bertz CT molecular complexity index is 743. The highest BCUT2D eigenvalue weighted by Crippen LogP contribution is 2.35. The second kappa shape index (κ2) is 5.31. The van der Waals surface area contributed by atoms with Crippen molar-refractivity contribution in [2.24, 2.45) is 0 Å². The number of alkyl halides is 2. The molecule has 0 radical (unpaired) electrons. The van der Waals surface area contributed by atoms with Gasteiger partial charge >= 0.3 is 5.97 Å². The van der Waals surface area contributed by atoms with Crippen LogP contribution in [0.5, 0.6) is 5.75 Å². The number of hydrogen-bond donors (Lipinski definition) is 0. The summed E-state index contributed by atoms with van der Waals surface area (Å²) in [5.74, 6) is -0.176. The van der Waals surface area contributed by atoms with Crippen LogP contribution in [0.25, 0.3) is 21.5 Å². The molecule has 0 heterocycles. The first-order valence-corrected chi connectivity index (χ1v) is 6.94. The molecule has 0 N–H and O–H groups in total. The van der Waals surface area contributed by atoms with Crippen molar-refractivity contribution in [1.29, 1.82) is 0 Å². The molecule has 4 heteroatoms. The smallest absolute Gasteiger partial charge is 0.344 e. The molecule has 3 rings (SSSR count). The maximum atomic E-state index is 11.7. The Hall–Kier alpha value is -1.77. The molecule has 0 aliphatic rings. The molecule has 3 aromatic rings. The summed E-state index contributed by atoms with van der Waals surface area (Å²) >= 11 is 11.1. The molecule has 0 aromatic heterocycles. The first kappa shape index (κ1) is 13.2. The minimum absolute atomic E-state index is 0.495. The normalized spacial score (nSPS) is 11.2.